The van der Waals surface area contributed by atoms with Gasteiger partial charge in [-0.1, -0.05) is 0 Å². The Labute approximate surface area is 195 Å². The van der Waals surface area contributed by atoms with Crippen molar-refractivity contribution in [1.29, 1.82) is 0 Å². The number of hydrazone groups is 1. The normalized spacial score (nSPS) is 18.1. The number of nitrogens with zero attached hydrogens (tertiary/aromatic N) is 6. The molecule has 34 heavy (non-hydrogen) atoms. The summed E-state index contributed by atoms with van der Waals surface area (Å²) in [6.07, 6.45) is 4.06. The van der Waals surface area contributed by atoms with E-state index in [0.717, 1.165) is 17.5 Å². The highest BCUT2D eigenvalue weighted by Crippen LogP contribution is 2.40. The van der Waals surface area contributed by atoms with Crippen LogP contribution in [0.15, 0.2) is 40.6 Å². The zero-order chi connectivity index (χ0) is 24.3. The van der Waals surface area contributed by atoms with Crippen LogP contribution in [0.2, 0.25) is 0 Å². The summed E-state index contributed by atoms with van der Waals surface area (Å²) in [6.45, 7) is 4.09. The summed E-state index contributed by atoms with van der Waals surface area (Å²) >= 11 is 0. The number of hydrogen-bond donors (Lipinski definition) is 0. The maximum Gasteiger partial charge on any atom is 0.333 e. The first-order valence-corrected chi connectivity index (χ1v) is 10.8. The average molecular weight is 465 g/mol. The number of fused-ring (bicyclic) bond motifs is 3. The lowest BCUT2D eigenvalue weighted by Gasteiger charge is -2.23. The van der Waals surface area contributed by atoms with E-state index in [1.54, 1.807) is 20.4 Å². The van der Waals surface area contributed by atoms with E-state index in [-0.39, 0.29) is 23.4 Å². The second kappa shape index (κ2) is 7.82. The minimum Gasteiger partial charge on any atom is -0.496 e. The van der Waals surface area contributed by atoms with Gasteiger partial charge in [0.25, 0.3) is 0 Å². The van der Waals surface area contributed by atoms with Crippen LogP contribution in [0.1, 0.15) is 25.3 Å². The molecule has 0 N–H and O–H groups in total. The highest BCUT2D eigenvalue weighted by atomic mass is 19.1. The van der Waals surface area contributed by atoms with Crippen LogP contribution < -0.4 is 15.2 Å². The van der Waals surface area contributed by atoms with Crippen LogP contribution in [0.5, 0.6) is 11.5 Å². The molecule has 4 heterocycles. The van der Waals surface area contributed by atoms with Crippen molar-refractivity contribution in [3.05, 3.63) is 52.6 Å². The molecule has 0 bridgehead atoms. The van der Waals surface area contributed by atoms with Crippen molar-refractivity contribution in [1.82, 2.24) is 24.1 Å². The molecule has 1 aromatic carbocycles. The van der Waals surface area contributed by atoms with Crippen molar-refractivity contribution in [2.45, 2.75) is 25.8 Å². The third-order valence-corrected chi connectivity index (χ3v) is 6.69. The maximum absolute atomic E-state index is 15.1. The van der Waals surface area contributed by atoms with E-state index in [2.05, 4.69) is 22.0 Å². The third kappa shape index (κ3) is 2.98. The first-order valence-electron chi connectivity index (χ1n) is 10.8. The van der Waals surface area contributed by atoms with Gasteiger partial charge in [0.15, 0.2) is 11.6 Å². The zero-order valence-electron chi connectivity index (χ0n) is 19.8. The topological polar surface area (TPSA) is 86.8 Å². The zero-order valence-corrected chi connectivity index (χ0v) is 19.8. The molecule has 9 nitrogen and oxygen atoms in total. The van der Waals surface area contributed by atoms with E-state index in [1.807, 2.05) is 31.1 Å². The van der Waals surface area contributed by atoms with Gasteiger partial charge in [0.05, 0.1) is 55.4 Å². The van der Waals surface area contributed by atoms with Crippen molar-refractivity contribution in [3.8, 4) is 17.2 Å². The molecule has 3 aromatic heterocycles. The molecule has 0 fully saturated rings. The Morgan fingerprint density at radius 3 is 2.44 bits per heavy atom. The van der Waals surface area contributed by atoms with E-state index in [4.69, 9.17) is 9.47 Å². The molecule has 5 rings (SSSR count). The van der Waals surface area contributed by atoms with Crippen LogP contribution in [-0.4, -0.2) is 57.1 Å². The highest BCUT2D eigenvalue weighted by molar-refractivity contribution is 6.05. The molecule has 2 atom stereocenters. The third-order valence-electron chi connectivity index (χ3n) is 6.69. The fourth-order valence-electron chi connectivity index (χ4n) is 4.90. The Morgan fingerprint density at radius 2 is 1.79 bits per heavy atom. The summed E-state index contributed by atoms with van der Waals surface area (Å²) in [5.74, 6) is 0.151. The molecule has 0 spiro atoms. The molecule has 10 heteroatoms. The second-order valence-electron chi connectivity index (χ2n) is 8.49. The summed E-state index contributed by atoms with van der Waals surface area (Å²) in [5, 5.41) is 7.23. The Hall–Kier alpha value is -3.95. The van der Waals surface area contributed by atoms with E-state index < -0.39 is 11.5 Å². The summed E-state index contributed by atoms with van der Waals surface area (Å²) in [5.41, 5.74) is 3.18. The molecular weight excluding hydrogens is 439 g/mol. The Bertz CT molecular complexity index is 1540. The lowest BCUT2D eigenvalue weighted by molar-refractivity contribution is 0.286. The summed E-state index contributed by atoms with van der Waals surface area (Å²) < 4.78 is 28.9. The lowest BCUT2D eigenvalue weighted by Crippen LogP contribution is -2.26. The molecule has 4 aromatic rings. The van der Waals surface area contributed by atoms with Crippen LogP contribution in [0.4, 0.5) is 4.39 Å². The van der Waals surface area contributed by atoms with E-state index >= 15 is 4.39 Å². The number of likely N-dealkylation sites (N-methyl/N-ethyl adjacent to an activating group) is 1. The van der Waals surface area contributed by atoms with Gasteiger partial charge >= 0.3 is 5.69 Å². The number of aromatic nitrogens is 4. The maximum atomic E-state index is 15.1. The van der Waals surface area contributed by atoms with Crippen molar-refractivity contribution in [2.75, 3.05) is 21.3 Å². The highest BCUT2D eigenvalue weighted by Gasteiger charge is 2.34. The molecule has 0 saturated carbocycles. The number of rotatable bonds is 4. The standard InChI is InChI=1S/C24H25FN6O3/c1-12-21(13(2)30(4)28-12)15-7-14-17(8-19(15)33-5)27-10-18-22(14)31(24(32)29(18)3)23-16(25)9-26-11-20(23)34-6/h7-11,13,21H,1-6H3. The van der Waals surface area contributed by atoms with Crippen molar-refractivity contribution in [3.63, 3.8) is 0 Å². The van der Waals surface area contributed by atoms with Gasteiger partial charge in [0.1, 0.15) is 11.4 Å². The number of pyridine rings is 2. The molecule has 0 aliphatic carbocycles. The number of methoxy groups -OCH3 is 2. The molecule has 0 amide bonds. The minimum absolute atomic E-state index is 0.00433. The monoisotopic (exact) mass is 464 g/mol. The Morgan fingerprint density at radius 1 is 1.06 bits per heavy atom. The smallest absolute Gasteiger partial charge is 0.333 e. The van der Waals surface area contributed by atoms with Gasteiger partial charge < -0.3 is 9.47 Å². The van der Waals surface area contributed by atoms with Gasteiger partial charge in [-0.15, -0.1) is 0 Å². The Kier molecular flexibility index (Phi) is 5.03. The van der Waals surface area contributed by atoms with Crippen LogP contribution in [-0.2, 0) is 7.05 Å². The second-order valence-corrected chi connectivity index (χ2v) is 8.49. The van der Waals surface area contributed by atoms with Crippen LogP contribution in [0, 0.1) is 5.82 Å². The van der Waals surface area contributed by atoms with E-state index in [1.165, 1.54) is 22.4 Å². The predicted molar refractivity (Wildman–Crippen MR) is 128 cm³/mol. The van der Waals surface area contributed by atoms with Gasteiger partial charge in [0, 0.05) is 42.7 Å². The SMILES string of the molecule is COc1cc2ncc3c(c2cc1C1C(C)=NN(C)C1C)n(-c1c(F)cncc1OC)c(=O)n3C. The number of imidazole rings is 1. The van der Waals surface area contributed by atoms with Gasteiger partial charge in [-0.05, 0) is 19.9 Å². The summed E-state index contributed by atoms with van der Waals surface area (Å²) in [4.78, 5) is 21.8. The van der Waals surface area contributed by atoms with Crippen LogP contribution >= 0.6 is 0 Å². The number of hydrogen-bond acceptors (Lipinski definition) is 7. The lowest BCUT2D eigenvalue weighted by atomic mass is 9.88. The molecule has 1 aliphatic heterocycles. The average Bonchev–Trinajstić information content (AvgIpc) is 3.23. The van der Waals surface area contributed by atoms with Crippen molar-refractivity contribution < 1.29 is 13.9 Å². The quantitative estimate of drug-likeness (QED) is 0.461. The fraction of sp³-hybridized carbons (Fsp3) is 0.333. The first kappa shape index (κ1) is 21.9. The number of ether oxygens (including phenoxy) is 2. The minimum atomic E-state index is -0.665. The fourth-order valence-corrected chi connectivity index (χ4v) is 4.90. The van der Waals surface area contributed by atoms with Crippen molar-refractivity contribution in [2.24, 2.45) is 12.1 Å². The molecule has 176 valence electrons. The largest absolute Gasteiger partial charge is 0.496 e. The van der Waals surface area contributed by atoms with Gasteiger partial charge in [-0.25, -0.2) is 9.18 Å². The number of halogens is 1. The van der Waals surface area contributed by atoms with Gasteiger partial charge in [-0.3, -0.25) is 24.1 Å². The van der Waals surface area contributed by atoms with E-state index in [0.29, 0.717) is 27.7 Å². The van der Waals surface area contributed by atoms with Crippen LogP contribution in [0.25, 0.3) is 27.6 Å². The predicted octanol–water partition coefficient (Wildman–Crippen LogP) is 3.22. The molecule has 0 saturated heterocycles. The Balaban J connectivity index is 1.92. The molecular formula is C24H25FN6O3. The molecule has 1 aliphatic rings. The molecule has 0 radical (unpaired) electrons. The van der Waals surface area contributed by atoms with Crippen LogP contribution in [0.3, 0.4) is 0 Å². The summed E-state index contributed by atoms with van der Waals surface area (Å²) in [7, 11) is 6.61. The first-order chi connectivity index (χ1) is 16.3. The number of benzene rings is 1. The number of aryl methyl sites for hydroxylation is 1. The van der Waals surface area contributed by atoms with E-state index in [9.17, 15) is 4.79 Å². The van der Waals surface area contributed by atoms with Gasteiger partial charge in [0.2, 0.25) is 0 Å². The van der Waals surface area contributed by atoms with Crippen molar-refractivity contribution >= 4 is 27.6 Å². The van der Waals surface area contributed by atoms with Gasteiger partial charge in [-0.2, -0.15) is 5.10 Å². The summed E-state index contributed by atoms with van der Waals surface area (Å²) in [6, 6.07) is 3.93. The molecule has 2 unspecified atom stereocenters.